The van der Waals surface area contributed by atoms with Crippen LogP contribution in [0.3, 0.4) is 0 Å². The summed E-state index contributed by atoms with van der Waals surface area (Å²) in [7, 11) is 0. The number of nitrogens with zero attached hydrogens (tertiary/aromatic N) is 3. The third kappa shape index (κ3) is 5.00. The van der Waals surface area contributed by atoms with Gasteiger partial charge in [0, 0.05) is 30.4 Å². The number of carbonyl (C=O) groups is 1. The number of rotatable bonds is 8. The van der Waals surface area contributed by atoms with E-state index >= 15 is 0 Å². The van der Waals surface area contributed by atoms with Crippen molar-refractivity contribution in [3.8, 4) is 28.6 Å². The van der Waals surface area contributed by atoms with E-state index < -0.39 is 0 Å². The minimum absolute atomic E-state index is 0.187. The molecule has 0 atom stereocenters. The van der Waals surface area contributed by atoms with Gasteiger partial charge in [0.25, 0.3) is 0 Å². The molecule has 0 fully saturated rings. The Hall–Kier alpha value is -4.00. The van der Waals surface area contributed by atoms with Crippen LogP contribution in [0, 0.1) is 0 Å². The number of ether oxygens (including phenoxy) is 3. The monoisotopic (exact) mass is 429 g/mol. The van der Waals surface area contributed by atoms with Crippen LogP contribution in [0.2, 0.25) is 0 Å². The Labute approximate surface area is 186 Å². The molecular formula is C25H23N3O4. The number of fused-ring (bicyclic) bond motifs is 1. The van der Waals surface area contributed by atoms with E-state index in [-0.39, 0.29) is 19.2 Å². The second kappa shape index (κ2) is 9.87. The number of esters is 1. The summed E-state index contributed by atoms with van der Waals surface area (Å²) in [4.78, 5) is 24.5. The van der Waals surface area contributed by atoms with Crippen LogP contribution in [0.1, 0.15) is 19.5 Å². The maximum atomic E-state index is 10.9. The van der Waals surface area contributed by atoms with Crippen molar-refractivity contribution in [2.24, 2.45) is 0 Å². The molecule has 162 valence electrons. The predicted octanol–water partition coefficient (Wildman–Crippen LogP) is 4.99. The fourth-order valence-electron chi connectivity index (χ4n) is 3.19. The van der Waals surface area contributed by atoms with E-state index in [1.165, 1.54) is 6.92 Å². The van der Waals surface area contributed by atoms with Gasteiger partial charge in [-0.2, -0.15) is 0 Å². The minimum Gasteiger partial charge on any atom is -0.490 e. The summed E-state index contributed by atoms with van der Waals surface area (Å²) in [5.41, 5.74) is 3.16. The van der Waals surface area contributed by atoms with Crippen LogP contribution in [0.25, 0.3) is 22.3 Å². The lowest BCUT2D eigenvalue weighted by atomic mass is 10.1. The van der Waals surface area contributed by atoms with Crippen molar-refractivity contribution < 1.29 is 19.0 Å². The van der Waals surface area contributed by atoms with Gasteiger partial charge in [-0.15, -0.1) is 0 Å². The fourth-order valence-corrected chi connectivity index (χ4v) is 3.19. The van der Waals surface area contributed by atoms with Gasteiger partial charge in [0.1, 0.15) is 30.4 Å². The van der Waals surface area contributed by atoms with Crippen LogP contribution in [0.4, 0.5) is 0 Å². The van der Waals surface area contributed by atoms with Crippen molar-refractivity contribution in [3.63, 3.8) is 0 Å². The minimum atomic E-state index is -0.335. The lowest BCUT2D eigenvalue weighted by Crippen LogP contribution is -2.09. The van der Waals surface area contributed by atoms with E-state index in [1.54, 1.807) is 18.5 Å². The summed E-state index contributed by atoms with van der Waals surface area (Å²) in [6.07, 6.45) is 4.25. The molecule has 1 aromatic carbocycles. The van der Waals surface area contributed by atoms with Crippen LogP contribution in [0.5, 0.6) is 17.2 Å². The number of carbonyl (C=O) groups excluding carboxylic acids is 1. The molecule has 0 aliphatic rings. The highest BCUT2D eigenvalue weighted by atomic mass is 16.6. The molecule has 0 aliphatic heterocycles. The summed E-state index contributed by atoms with van der Waals surface area (Å²) >= 11 is 0. The zero-order valence-electron chi connectivity index (χ0n) is 17.9. The van der Waals surface area contributed by atoms with Gasteiger partial charge in [-0.3, -0.25) is 14.8 Å². The number of hydrogen-bond acceptors (Lipinski definition) is 7. The Morgan fingerprint density at radius 1 is 0.938 bits per heavy atom. The number of hydrogen-bond donors (Lipinski definition) is 0. The van der Waals surface area contributed by atoms with Crippen molar-refractivity contribution >= 4 is 16.9 Å². The van der Waals surface area contributed by atoms with E-state index in [0.717, 1.165) is 28.7 Å². The molecular weight excluding hydrogens is 406 g/mol. The van der Waals surface area contributed by atoms with Crippen LogP contribution >= 0.6 is 0 Å². The third-order valence-electron chi connectivity index (χ3n) is 4.74. The van der Waals surface area contributed by atoms with E-state index in [0.29, 0.717) is 22.9 Å². The average molecular weight is 429 g/mol. The smallest absolute Gasteiger partial charge is 0.302 e. The summed E-state index contributed by atoms with van der Waals surface area (Å²) < 4.78 is 16.9. The highest BCUT2D eigenvalue weighted by molar-refractivity contribution is 5.86. The number of aromatic nitrogens is 3. The fraction of sp³-hybridized carbons (Fsp3) is 0.200. The molecule has 32 heavy (non-hydrogen) atoms. The molecule has 4 aromatic rings. The summed E-state index contributed by atoms with van der Waals surface area (Å²) in [5, 5.41) is 0.795. The Bertz CT molecular complexity index is 1230. The normalized spacial score (nSPS) is 10.7. The van der Waals surface area contributed by atoms with Crippen molar-refractivity contribution in [2.75, 3.05) is 13.2 Å². The summed E-state index contributed by atoms with van der Waals surface area (Å²) in [5.74, 6) is 1.53. The first-order valence-electron chi connectivity index (χ1n) is 10.4. The number of benzene rings is 1. The lowest BCUT2D eigenvalue weighted by molar-refractivity contribution is -0.141. The Morgan fingerprint density at radius 3 is 2.62 bits per heavy atom. The van der Waals surface area contributed by atoms with Crippen molar-refractivity contribution in [3.05, 3.63) is 72.7 Å². The van der Waals surface area contributed by atoms with E-state index in [4.69, 9.17) is 19.2 Å². The first kappa shape index (κ1) is 21.2. The van der Waals surface area contributed by atoms with Crippen molar-refractivity contribution in [2.45, 2.75) is 20.3 Å². The van der Waals surface area contributed by atoms with E-state index in [2.05, 4.69) is 16.9 Å². The molecule has 0 saturated carbocycles. The molecule has 3 aromatic heterocycles. The molecule has 0 bridgehead atoms. The number of pyridine rings is 3. The second-order valence-corrected chi connectivity index (χ2v) is 7.00. The molecule has 0 N–H and O–H groups in total. The topological polar surface area (TPSA) is 83.4 Å². The van der Waals surface area contributed by atoms with Gasteiger partial charge in [-0.05, 0) is 55.0 Å². The predicted molar refractivity (Wildman–Crippen MR) is 121 cm³/mol. The standard InChI is InChI=1S/C25H23N3O4/c1-3-18-7-10-24(25(28-18)22-6-4-5-12-26-22)32-23-11-13-27-21-9-8-19(16-20(21)23)31-15-14-30-17(2)29/h4-13,16H,3,14-15H2,1-2H3. The van der Waals surface area contributed by atoms with E-state index in [1.807, 2.05) is 48.5 Å². The van der Waals surface area contributed by atoms with Gasteiger partial charge in [0.2, 0.25) is 0 Å². The number of aryl methyl sites for hydroxylation is 1. The molecule has 3 heterocycles. The highest BCUT2D eigenvalue weighted by Crippen LogP contribution is 2.35. The zero-order valence-corrected chi connectivity index (χ0v) is 17.9. The van der Waals surface area contributed by atoms with Gasteiger partial charge in [0.15, 0.2) is 5.75 Å². The molecule has 0 unspecified atom stereocenters. The molecule has 7 nitrogen and oxygen atoms in total. The van der Waals surface area contributed by atoms with Crippen LogP contribution in [-0.2, 0) is 16.0 Å². The Morgan fingerprint density at radius 2 is 1.84 bits per heavy atom. The summed E-state index contributed by atoms with van der Waals surface area (Å²) in [6, 6.07) is 16.9. The lowest BCUT2D eigenvalue weighted by Gasteiger charge is -2.14. The summed E-state index contributed by atoms with van der Waals surface area (Å²) in [6.45, 7) is 3.87. The van der Waals surface area contributed by atoms with Gasteiger partial charge in [-0.25, -0.2) is 4.98 Å². The average Bonchev–Trinajstić information content (AvgIpc) is 2.83. The van der Waals surface area contributed by atoms with Crippen molar-refractivity contribution in [1.29, 1.82) is 0 Å². The molecule has 0 aliphatic carbocycles. The largest absolute Gasteiger partial charge is 0.490 e. The molecule has 0 saturated heterocycles. The molecule has 0 spiro atoms. The van der Waals surface area contributed by atoms with Crippen LogP contribution in [-0.4, -0.2) is 34.1 Å². The van der Waals surface area contributed by atoms with Gasteiger partial charge in [0.05, 0.1) is 11.2 Å². The second-order valence-electron chi connectivity index (χ2n) is 7.00. The Kier molecular flexibility index (Phi) is 6.55. The quantitative estimate of drug-likeness (QED) is 0.288. The zero-order chi connectivity index (χ0) is 22.3. The van der Waals surface area contributed by atoms with Crippen LogP contribution < -0.4 is 9.47 Å². The van der Waals surface area contributed by atoms with Gasteiger partial charge < -0.3 is 14.2 Å². The van der Waals surface area contributed by atoms with Crippen molar-refractivity contribution in [1.82, 2.24) is 15.0 Å². The first-order chi connectivity index (χ1) is 15.6. The third-order valence-corrected chi connectivity index (χ3v) is 4.74. The molecule has 0 amide bonds. The SMILES string of the molecule is CCc1ccc(Oc2ccnc3ccc(OCCOC(C)=O)cc23)c(-c2ccccn2)n1. The van der Waals surface area contributed by atoms with E-state index in [9.17, 15) is 4.79 Å². The molecule has 0 radical (unpaired) electrons. The van der Waals surface area contributed by atoms with Gasteiger partial charge in [-0.1, -0.05) is 13.0 Å². The molecule has 4 rings (SSSR count). The van der Waals surface area contributed by atoms with Gasteiger partial charge >= 0.3 is 5.97 Å². The van der Waals surface area contributed by atoms with Crippen LogP contribution in [0.15, 0.2) is 67.0 Å². The Balaban J connectivity index is 1.65. The molecule has 7 heteroatoms. The maximum absolute atomic E-state index is 10.9. The maximum Gasteiger partial charge on any atom is 0.302 e. The first-order valence-corrected chi connectivity index (χ1v) is 10.4. The highest BCUT2D eigenvalue weighted by Gasteiger charge is 2.14.